The lowest BCUT2D eigenvalue weighted by Crippen LogP contribution is -2.57. The second-order valence-electron chi connectivity index (χ2n) is 5.20. The standard InChI is InChI=1S/C12H24N2O/c1-9-6-13-12(11-4-5-11)8-14(9)7-10(2)15-3/h9-13H,4-8H2,1-3H3. The Morgan fingerprint density at radius 2 is 2.20 bits per heavy atom. The Bertz CT molecular complexity index is 206. The molecule has 1 N–H and O–H groups in total. The number of ether oxygens (including phenoxy) is 1. The summed E-state index contributed by atoms with van der Waals surface area (Å²) in [5.74, 6) is 0.956. The van der Waals surface area contributed by atoms with Gasteiger partial charge in [-0.25, -0.2) is 0 Å². The summed E-state index contributed by atoms with van der Waals surface area (Å²) in [7, 11) is 1.80. The van der Waals surface area contributed by atoms with Crippen molar-refractivity contribution in [3.8, 4) is 0 Å². The van der Waals surface area contributed by atoms with Gasteiger partial charge in [0.2, 0.25) is 0 Å². The van der Waals surface area contributed by atoms with Crippen molar-refractivity contribution >= 4 is 0 Å². The van der Waals surface area contributed by atoms with Crippen LogP contribution >= 0.6 is 0 Å². The highest BCUT2D eigenvalue weighted by Crippen LogP contribution is 2.34. The van der Waals surface area contributed by atoms with Crippen molar-refractivity contribution in [3.05, 3.63) is 0 Å². The molecule has 0 bridgehead atoms. The summed E-state index contributed by atoms with van der Waals surface area (Å²) in [5.41, 5.74) is 0. The Hall–Kier alpha value is -0.120. The molecule has 1 saturated heterocycles. The largest absolute Gasteiger partial charge is 0.380 e. The van der Waals surface area contributed by atoms with Crippen LogP contribution in [0.3, 0.4) is 0 Å². The first-order valence-electron chi connectivity index (χ1n) is 6.21. The van der Waals surface area contributed by atoms with E-state index in [1.807, 2.05) is 0 Å². The summed E-state index contributed by atoms with van der Waals surface area (Å²) in [6, 6.07) is 1.39. The number of hydrogen-bond acceptors (Lipinski definition) is 3. The SMILES string of the molecule is COC(C)CN1CC(C2CC2)NCC1C. The van der Waals surface area contributed by atoms with E-state index in [9.17, 15) is 0 Å². The van der Waals surface area contributed by atoms with E-state index in [1.54, 1.807) is 7.11 Å². The number of hydrogen-bond donors (Lipinski definition) is 1. The van der Waals surface area contributed by atoms with Crippen LogP contribution in [0.25, 0.3) is 0 Å². The second kappa shape index (κ2) is 4.81. The Balaban J connectivity index is 1.84. The van der Waals surface area contributed by atoms with Crippen LogP contribution in [0.2, 0.25) is 0 Å². The Kier molecular flexibility index (Phi) is 3.65. The van der Waals surface area contributed by atoms with Crippen molar-refractivity contribution in [1.82, 2.24) is 10.2 Å². The molecule has 1 heterocycles. The first-order valence-corrected chi connectivity index (χ1v) is 6.21. The maximum atomic E-state index is 5.35. The van der Waals surface area contributed by atoms with E-state index in [1.165, 1.54) is 19.4 Å². The molecule has 1 saturated carbocycles. The van der Waals surface area contributed by atoms with Gasteiger partial charge in [0.15, 0.2) is 0 Å². The third-order valence-electron chi connectivity index (χ3n) is 3.82. The van der Waals surface area contributed by atoms with Gasteiger partial charge in [0, 0.05) is 38.8 Å². The number of rotatable bonds is 4. The van der Waals surface area contributed by atoms with Crippen molar-refractivity contribution < 1.29 is 4.74 Å². The highest BCUT2D eigenvalue weighted by atomic mass is 16.5. The lowest BCUT2D eigenvalue weighted by Gasteiger charge is -2.40. The third kappa shape index (κ3) is 2.92. The Morgan fingerprint density at radius 1 is 1.47 bits per heavy atom. The fourth-order valence-electron chi connectivity index (χ4n) is 2.42. The molecule has 1 aliphatic carbocycles. The molecule has 3 atom stereocenters. The third-order valence-corrected chi connectivity index (χ3v) is 3.82. The normalized spacial score (nSPS) is 35.4. The summed E-state index contributed by atoms with van der Waals surface area (Å²) in [4.78, 5) is 2.58. The first kappa shape index (κ1) is 11.4. The van der Waals surface area contributed by atoms with Crippen LogP contribution in [-0.4, -0.2) is 49.8 Å². The van der Waals surface area contributed by atoms with Crippen LogP contribution in [0.1, 0.15) is 26.7 Å². The predicted molar refractivity (Wildman–Crippen MR) is 62.0 cm³/mol. The van der Waals surface area contributed by atoms with Crippen LogP contribution < -0.4 is 5.32 Å². The number of nitrogens with one attached hydrogen (secondary N) is 1. The van der Waals surface area contributed by atoms with E-state index in [4.69, 9.17) is 4.74 Å². The molecule has 3 nitrogen and oxygen atoms in total. The van der Waals surface area contributed by atoms with Gasteiger partial charge in [-0.1, -0.05) is 0 Å². The monoisotopic (exact) mass is 212 g/mol. The molecule has 88 valence electrons. The molecule has 3 heteroatoms. The van der Waals surface area contributed by atoms with Crippen molar-refractivity contribution in [2.45, 2.75) is 44.9 Å². The van der Waals surface area contributed by atoms with E-state index in [2.05, 4.69) is 24.1 Å². The minimum atomic E-state index is 0.352. The van der Waals surface area contributed by atoms with E-state index < -0.39 is 0 Å². The van der Waals surface area contributed by atoms with Crippen LogP contribution in [0.15, 0.2) is 0 Å². The predicted octanol–water partition coefficient (Wildman–Crippen LogP) is 1.09. The summed E-state index contributed by atoms with van der Waals surface area (Å²) < 4.78 is 5.35. The molecule has 0 spiro atoms. The van der Waals surface area contributed by atoms with Crippen molar-refractivity contribution in [2.24, 2.45) is 5.92 Å². The summed E-state index contributed by atoms with van der Waals surface area (Å²) in [5, 5.41) is 3.67. The number of piperazine rings is 1. The average Bonchev–Trinajstić information content (AvgIpc) is 3.04. The van der Waals surface area contributed by atoms with Crippen molar-refractivity contribution in [3.63, 3.8) is 0 Å². The number of nitrogens with zero attached hydrogens (tertiary/aromatic N) is 1. The lowest BCUT2D eigenvalue weighted by molar-refractivity contribution is 0.0432. The molecule has 15 heavy (non-hydrogen) atoms. The minimum absolute atomic E-state index is 0.352. The maximum Gasteiger partial charge on any atom is 0.0670 e. The van der Waals surface area contributed by atoms with Crippen molar-refractivity contribution in [2.75, 3.05) is 26.7 Å². The smallest absolute Gasteiger partial charge is 0.0670 e. The van der Waals surface area contributed by atoms with Gasteiger partial charge < -0.3 is 10.1 Å². The summed E-state index contributed by atoms with van der Waals surface area (Å²) in [6.45, 7) is 7.87. The average molecular weight is 212 g/mol. The fourth-order valence-corrected chi connectivity index (χ4v) is 2.42. The summed E-state index contributed by atoms with van der Waals surface area (Å²) >= 11 is 0. The second-order valence-corrected chi connectivity index (χ2v) is 5.20. The van der Waals surface area contributed by atoms with E-state index in [-0.39, 0.29) is 0 Å². The first-order chi connectivity index (χ1) is 7.20. The van der Waals surface area contributed by atoms with Gasteiger partial charge in [0.1, 0.15) is 0 Å². The molecule has 2 fully saturated rings. The van der Waals surface area contributed by atoms with Gasteiger partial charge in [-0.3, -0.25) is 4.90 Å². The lowest BCUT2D eigenvalue weighted by atomic mass is 10.1. The molecular weight excluding hydrogens is 188 g/mol. The summed E-state index contributed by atoms with van der Waals surface area (Å²) in [6.07, 6.45) is 3.21. The molecule has 0 radical (unpaired) electrons. The molecule has 0 aromatic carbocycles. The molecule has 2 aliphatic rings. The van der Waals surface area contributed by atoms with Crippen LogP contribution in [-0.2, 0) is 4.74 Å². The maximum absolute atomic E-state index is 5.35. The highest BCUT2D eigenvalue weighted by Gasteiger charge is 2.36. The van der Waals surface area contributed by atoms with Gasteiger partial charge in [-0.2, -0.15) is 0 Å². The zero-order chi connectivity index (χ0) is 10.8. The molecule has 0 amide bonds. The van der Waals surface area contributed by atoms with Crippen LogP contribution in [0.4, 0.5) is 0 Å². The zero-order valence-electron chi connectivity index (χ0n) is 10.2. The molecule has 2 rings (SSSR count). The quantitative estimate of drug-likeness (QED) is 0.755. The Morgan fingerprint density at radius 3 is 2.80 bits per heavy atom. The van der Waals surface area contributed by atoms with Crippen LogP contribution in [0, 0.1) is 5.92 Å². The highest BCUT2D eigenvalue weighted by molar-refractivity contribution is 4.93. The molecule has 0 aromatic heterocycles. The van der Waals surface area contributed by atoms with Gasteiger partial charge >= 0.3 is 0 Å². The van der Waals surface area contributed by atoms with Gasteiger partial charge in [-0.15, -0.1) is 0 Å². The number of methoxy groups -OCH3 is 1. The molecule has 1 aliphatic heterocycles. The van der Waals surface area contributed by atoms with Gasteiger partial charge in [0.25, 0.3) is 0 Å². The minimum Gasteiger partial charge on any atom is -0.380 e. The van der Waals surface area contributed by atoms with Crippen molar-refractivity contribution in [1.29, 1.82) is 0 Å². The molecule has 0 aromatic rings. The van der Waals surface area contributed by atoms with E-state index in [0.717, 1.165) is 25.0 Å². The van der Waals surface area contributed by atoms with Crippen LogP contribution in [0.5, 0.6) is 0 Å². The zero-order valence-corrected chi connectivity index (χ0v) is 10.2. The van der Waals surface area contributed by atoms with E-state index >= 15 is 0 Å². The van der Waals surface area contributed by atoms with Gasteiger partial charge in [-0.05, 0) is 32.6 Å². The van der Waals surface area contributed by atoms with Gasteiger partial charge in [0.05, 0.1) is 6.10 Å². The topological polar surface area (TPSA) is 24.5 Å². The Labute approximate surface area is 93.2 Å². The molecule has 3 unspecified atom stereocenters. The molecular formula is C12H24N2O. The fraction of sp³-hybridized carbons (Fsp3) is 1.00. The van der Waals surface area contributed by atoms with E-state index in [0.29, 0.717) is 12.1 Å².